The smallest absolute Gasteiger partial charge is 0.260 e. The Hall–Kier alpha value is -2.73. The molecule has 0 N–H and O–H groups in total. The number of rotatable bonds is 3. The van der Waals surface area contributed by atoms with E-state index in [1.165, 1.54) is 0 Å². The van der Waals surface area contributed by atoms with Crippen LogP contribution in [-0.4, -0.2) is 60.5 Å². The Morgan fingerprint density at radius 2 is 1.69 bits per heavy atom. The lowest BCUT2D eigenvalue weighted by Crippen LogP contribution is -2.52. The van der Waals surface area contributed by atoms with Crippen molar-refractivity contribution in [3.63, 3.8) is 0 Å². The second-order valence-corrected chi connectivity index (χ2v) is 9.91. The Kier molecular flexibility index (Phi) is 8.91. The van der Waals surface area contributed by atoms with E-state index < -0.39 is 0 Å². The van der Waals surface area contributed by atoms with Gasteiger partial charge in [0.2, 0.25) is 0 Å². The lowest BCUT2D eigenvalue weighted by molar-refractivity contribution is -0.139. The molecule has 0 unspecified atom stereocenters. The van der Waals surface area contributed by atoms with E-state index in [0.29, 0.717) is 35.2 Å². The van der Waals surface area contributed by atoms with Crippen LogP contribution in [0.15, 0.2) is 48.5 Å². The maximum atomic E-state index is 13.4. The lowest BCUT2D eigenvalue weighted by Gasteiger charge is -2.40. The molecule has 35 heavy (non-hydrogen) atoms. The van der Waals surface area contributed by atoms with Gasteiger partial charge < -0.3 is 19.3 Å². The number of nitrogens with zero attached hydrogens (tertiary/aromatic N) is 2. The SMILES string of the molecule is CN1CCCCCCN(C(=O)COc2ccc(Cl)cc2)[C@@H]2CCCC[C@@H]2Oc2ccccc2C1=O. The maximum Gasteiger partial charge on any atom is 0.260 e. The predicted octanol–water partition coefficient (Wildman–Crippen LogP) is 5.58. The van der Waals surface area contributed by atoms with Crippen molar-refractivity contribution in [2.75, 3.05) is 26.7 Å². The zero-order valence-corrected chi connectivity index (χ0v) is 21.2. The van der Waals surface area contributed by atoms with Crippen LogP contribution in [0, 0.1) is 0 Å². The van der Waals surface area contributed by atoms with Crippen LogP contribution in [0.4, 0.5) is 0 Å². The highest BCUT2D eigenvalue weighted by molar-refractivity contribution is 6.30. The normalized spacial score (nSPS) is 21.8. The summed E-state index contributed by atoms with van der Waals surface area (Å²) in [6.45, 7) is 1.37. The summed E-state index contributed by atoms with van der Waals surface area (Å²) in [6, 6.07) is 14.5. The Labute approximate surface area is 213 Å². The van der Waals surface area contributed by atoms with E-state index in [0.717, 1.165) is 51.4 Å². The fourth-order valence-electron chi connectivity index (χ4n) is 5.01. The van der Waals surface area contributed by atoms with Crippen molar-refractivity contribution in [1.82, 2.24) is 9.80 Å². The number of carbonyl (C=O) groups excluding carboxylic acids is 2. The van der Waals surface area contributed by atoms with Gasteiger partial charge in [0, 0.05) is 25.2 Å². The van der Waals surface area contributed by atoms with E-state index in [9.17, 15) is 9.59 Å². The molecule has 188 valence electrons. The van der Waals surface area contributed by atoms with E-state index in [4.69, 9.17) is 21.1 Å². The summed E-state index contributed by atoms with van der Waals surface area (Å²) < 4.78 is 12.3. The molecule has 7 heteroatoms. The number of benzene rings is 2. The average molecular weight is 499 g/mol. The molecule has 1 aliphatic heterocycles. The van der Waals surface area contributed by atoms with Gasteiger partial charge in [0.25, 0.3) is 11.8 Å². The molecule has 2 amide bonds. The Balaban J connectivity index is 1.56. The number of fused-ring (bicyclic) bond motifs is 2. The number of ether oxygens (including phenoxy) is 2. The van der Waals surface area contributed by atoms with Crippen LogP contribution in [0.3, 0.4) is 0 Å². The molecule has 0 aromatic heterocycles. The van der Waals surface area contributed by atoms with Crippen LogP contribution in [0.2, 0.25) is 5.02 Å². The van der Waals surface area contributed by atoms with Crippen LogP contribution in [0.5, 0.6) is 11.5 Å². The highest BCUT2D eigenvalue weighted by atomic mass is 35.5. The largest absolute Gasteiger partial charge is 0.487 e. The number of carbonyl (C=O) groups is 2. The molecule has 1 saturated carbocycles. The van der Waals surface area contributed by atoms with E-state index in [1.54, 1.807) is 29.2 Å². The molecule has 0 saturated heterocycles. The quantitative estimate of drug-likeness (QED) is 0.554. The van der Waals surface area contributed by atoms with Crippen LogP contribution in [-0.2, 0) is 4.79 Å². The molecule has 1 fully saturated rings. The Morgan fingerprint density at radius 3 is 2.49 bits per heavy atom. The second-order valence-electron chi connectivity index (χ2n) is 9.47. The van der Waals surface area contributed by atoms with E-state index in [-0.39, 0.29) is 30.6 Å². The molecule has 6 nitrogen and oxygen atoms in total. The minimum absolute atomic E-state index is 0.0192. The van der Waals surface area contributed by atoms with Crippen LogP contribution in [0.25, 0.3) is 0 Å². The van der Waals surface area contributed by atoms with Crippen molar-refractivity contribution in [1.29, 1.82) is 0 Å². The summed E-state index contributed by atoms with van der Waals surface area (Å²) in [5.41, 5.74) is 0.584. The molecular weight excluding hydrogens is 464 g/mol. The second kappa shape index (κ2) is 12.3. The average Bonchev–Trinajstić information content (AvgIpc) is 2.87. The predicted molar refractivity (Wildman–Crippen MR) is 137 cm³/mol. The molecule has 1 aliphatic carbocycles. The van der Waals surface area contributed by atoms with E-state index >= 15 is 0 Å². The molecule has 0 bridgehead atoms. The summed E-state index contributed by atoms with van der Waals surface area (Å²) >= 11 is 5.97. The zero-order valence-electron chi connectivity index (χ0n) is 20.5. The summed E-state index contributed by atoms with van der Waals surface area (Å²) in [4.78, 5) is 30.3. The van der Waals surface area contributed by atoms with Gasteiger partial charge in [-0.15, -0.1) is 0 Å². The van der Waals surface area contributed by atoms with E-state index in [1.807, 2.05) is 36.2 Å². The third-order valence-electron chi connectivity index (χ3n) is 6.95. The van der Waals surface area contributed by atoms with Crippen LogP contribution >= 0.6 is 11.6 Å². The van der Waals surface area contributed by atoms with E-state index in [2.05, 4.69) is 0 Å². The van der Waals surface area contributed by atoms with Crippen molar-refractivity contribution in [3.8, 4) is 11.5 Å². The van der Waals surface area contributed by atoms with Crippen LogP contribution < -0.4 is 9.47 Å². The summed E-state index contributed by atoms with van der Waals surface area (Å²) in [6.07, 6.45) is 7.56. The highest BCUT2D eigenvalue weighted by Gasteiger charge is 2.35. The Bertz CT molecular complexity index is 997. The number of hydrogen-bond donors (Lipinski definition) is 0. The van der Waals surface area contributed by atoms with Crippen molar-refractivity contribution in [2.24, 2.45) is 0 Å². The fourth-order valence-corrected chi connectivity index (χ4v) is 5.13. The van der Waals surface area contributed by atoms with Crippen molar-refractivity contribution in [2.45, 2.75) is 63.5 Å². The number of amides is 2. The topological polar surface area (TPSA) is 59.1 Å². The minimum Gasteiger partial charge on any atom is -0.487 e. The first-order valence-electron chi connectivity index (χ1n) is 12.7. The van der Waals surface area contributed by atoms with Gasteiger partial charge in [-0.05, 0) is 68.5 Å². The number of para-hydroxylation sites is 1. The summed E-state index contributed by atoms with van der Waals surface area (Å²) in [7, 11) is 1.86. The van der Waals surface area contributed by atoms with Crippen molar-refractivity contribution < 1.29 is 19.1 Å². The first kappa shape index (κ1) is 25.4. The van der Waals surface area contributed by atoms with Gasteiger partial charge in [0.1, 0.15) is 17.6 Å². The Morgan fingerprint density at radius 1 is 0.971 bits per heavy atom. The van der Waals surface area contributed by atoms with Gasteiger partial charge in [-0.1, -0.05) is 43.0 Å². The number of hydrogen-bond acceptors (Lipinski definition) is 4. The van der Waals surface area contributed by atoms with Gasteiger partial charge in [-0.25, -0.2) is 0 Å². The first-order valence-corrected chi connectivity index (χ1v) is 13.1. The molecule has 2 aliphatic rings. The molecule has 2 atom stereocenters. The third-order valence-corrected chi connectivity index (χ3v) is 7.20. The van der Waals surface area contributed by atoms with Gasteiger partial charge >= 0.3 is 0 Å². The molecule has 0 spiro atoms. The maximum absolute atomic E-state index is 13.4. The zero-order chi connectivity index (χ0) is 24.6. The monoisotopic (exact) mass is 498 g/mol. The van der Waals surface area contributed by atoms with Crippen molar-refractivity contribution in [3.05, 3.63) is 59.1 Å². The third kappa shape index (κ3) is 6.69. The molecule has 0 radical (unpaired) electrons. The minimum atomic E-state index is -0.162. The lowest BCUT2D eigenvalue weighted by atomic mass is 9.90. The first-order chi connectivity index (χ1) is 17.0. The van der Waals surface area contributed by atoms with Gasteiger partial charge in [-0.3, -0.25) is 9.59 Å². The summed E-state index contributed by atoms with van der Waals surface area (Å²) in [5, 5.41) is 0.630. The molecule has 1 heterocycles. The molecular formula is C28H35ClN2O4. The van der Waals surface area contributed by atoms with Gasteiger partial charge in [0.15, 0.2) is 6.61 Å². The molecule has 2 aromatic carbocycles. The molecule has 4 rings (SSSR count). The highest BCUT2D eigenvalue weighted by Crippen LogP contribution is 2.30. The summed E-state index contributed by atoms with van der Waals surface area (Å²) in [5.74, 6) is 1.17. The number of halogens is 1. The van der Waals surface area contributed by atoms with Gasteiger partial charge in [0.05, 0.1) is 11.6 Å². The standard InChI is InChI=1S/C28H35ClN2O4/c1-30-18-8-2-3-9-19-31(27(32)20-34-22-16-14-21(29)15-17-22)24-11-5-7-13-26(24)35-25-12-6-4-10-23(25)28(30)33/h4,6,10,12,14-17,24,26H,2-3,5,7-9,11,13,18-20H2,1H3/t24-,26+/m1/s1. The van der Waals surface area contributed by atoms with Crippen molar-refractivity contribution >= 4 is 23.4 Å². The van der Waals surface area contributed by atoms with Crippen LogP contribution in [0.1, 0.15) is 61.7 Å². The molecule has 2 aromatic rings. The fraction of sp³-hybridized carbons (Fsp3) is 0.500. The van der Waals surface area contributed by atoms with Gasteiger partial charge in [-0.2, -0.15) is 0 Å².